The molecule has 5 rings (SSSR count). The van der Waals surface area contributed by atoms with Gasteiger partial charge in [0.05, 0.1) is 23.5 Å². The predicted octanol–water partition coefficient (Wildman–Crippen LogP) is 2.27. The van der Waals surface area contributed by atoms with Gasteiger partial charge in [-0.05, 0) is 50.3 Å². The van der Waals surface area contributed by atoms with Crippen LogP contribution in [0.5, 0.6) is 0 Å². The van der Waals surface area contributed by atoms with Crippen molar-refractivity contribution in [1.29, 1.82) is 0 Å². The molecule has 2 fully saturated rings. The minimum Gasteiger partial charge on any atom is -0.320 e. The fourth-order valence-corrected chi connectivity index (χ4v) is 4.11. The monoisotopic (exact) mass is 364 g/mol. The molecule has 1 aliphatic heterocycles. The van der Waals surface area contributed by atoms with Gasteiger partial charge in [0.1, 0.15) is 18.0 Å². The molecule has 1 saturated carbocycles. The molecule has 2 aromatic heterocycles. The lowest BCUT2D eigenvalue weighted by Gasteiger charge is -2.26. The first-order chi connectivity index (χ1) is 13.2. The third kappa shape index (κ3) is 3.06. The highest BCUT2D eigenvalue weighted by atomic mass is 16.1. The maximum atomic E-state index is 13.2. The zero-order valence-corrected chi connectivity index (χ0v) is 15.6. The second-order valence-corrected chi connectivity index (χ2v) is 7.83. The van der Waals surface area contributed by atoms with E-state index >= 15 is 0 Å². The van der Waals surface area contributed by atoms with Gasteiger partial charge in [0.25, 0.3) is 5.56 Å². The van der Waals surface area contributed by atoms with E-state index in [0.29, 0.717) is 5.92 Å². The zero-order valence-electron chi connectivity index (χ0n) is 15.6. The summed E-state index contributed by atoms with van der Waals surface area (Å²) in [5, 5.41) is 8.96. The Morgan fingerprint density at radius 3 is 2.81 bits per heavy atom. The summed E-state index contributed by atoms with van der Waals surface area (Å²) in [7, 11) is 1.97. The third-order valence-corrected chi connectivity index (χ3v) is 5.84. The molecule has 3 aromatic rings. The van der Waals surface area contributed by atoms with Crippen LogP contribution in [0.2, 0.25) is 0 Å². The van der Waals surface area contributed by atoms with Gasteiger partial charge in [-0.2, -0.15) is 0 Å². The van der Waals surface area contributed by atoms with Crippen molar-refractivity contribution >= 4 is 10.9 Å². The zero-order chi connectivity index (χ0) is 18.4. The number of likely N-dealkylation sites (tertiary alicyclic amines) is 1. The predicted molar refractivity (Wildman–Crippen MR) is 102 cm³/mol. The molecule has 1 saturated heterocycles. The van der Waals surface area contributed by atoms with Gasteiger partial charge in [0.2, 0.25) is 0 Å². The number of aromatic nitrogens is 5. The summed E-state index contributed by atoms with van der Waals surface area (Å²) in [5.41, 5.74) is 0.906. The standard InChI is InChI=1S/C20H24N6O/c1-24-13-21-23-18(24)12-25-10-4-7-17(25)19-22-16-6-3-2-5-15(16)20(27)26(19)11-14-8-9-14/h2-3,5-6,13-14,17H,4,7-12H2,1H3. The average molecular weight is 364 g/mol. The van der Waals surface area contributed by atoms with Crippen LogP contribution in [0.4, 0.5) is 0 Å². The number of hydrogen-bond donors (Lipinski definition) is 0. The largest absolute Gasteiger partial charge is 0.320 e. The van der Waals surface area contributed by atoms with Crippen molar-refractivity contribution in [1.82, 2.24) is 29.2 Å². The third-order valence-electron chi connectivity index (χ3n) is 5.84. The maximum absolute atomic E-state index is 13.2. The van der Waals surface area contributed by atoms with E-state index < -0.39 is 0 Å². The van der Waals surface area contributed by atoms with Gasteiger partial charge in [-0.25, -0.2) is 4.98 Å². The topological polar surface area (TPSA) is 68.8 Å². The summed E-state index contributed by atoms with van der Waals surface area (Å²) in [6.07, 6.45) is 6.29. The number of para-hydroxylation sites is 1. The quantitative estimate of drug-likeness (QED) is 0.695. The summed E-state index contributed by atoms with van der Waals surface area (Å²) in [4.78, 5) is 20.6. The minimum atomic E-state index is 0.105. The molecule has 7 heteroatoms. The van der Waals surface area contributed by atoms with Crippen LogP contribution in [0.3, 0.4) is 0 Å². The van der Waals surface area contributed by atoms with Gasteiger partial charge in [0, 0.05) is 13.6 Å². The second kappa shape index (κ2) is 6.56. The minimum absolute atomic E-state index is 0.105. The van der Waals surface area contributed by atoms with Crippen LogP contribution in [-0.2, 0) is 20.1 Å². The first kappa shape index (κ1) is 16.6. The van der Waals surface area contributed by atoms with Crippen LogP contribution in [0, 0.1) is 5.92 Å². The van der Waals surface area contributed by atoms with E-state index in [-0.39, 0.29) is 11.6 Å². The van der Waals surface area contributed by atoms with E-state index in [1.165, 1.54) is 12.8 Å². The van der Waals surface area contributed by atoms with E-state index in [1.54, 1.807) is 6.33 Å². The Morgan fingerprint density at radius 2 is 2.04 bits per heavy atom. The Balaban J connectivity index is 1.57. The van der Waals surface area contributed by atoms with Gasteiger partial charge in [-0.1, -0.05) is 12.1 Å². The molecular formula is C20H24N6O. The molecule has 7 nitrogen and oxygen atoms in total. The number of nitrogens with zero attached hydrogens (tertiary/aromatic N) is 6. The van der Waals surface area contributed by atoms with Crippen LogP contribution >= 0.6 is 0 Å². The average Bonchev–Trinajstić information content (AvgIpc) is 3.23. The molecule has 1 aliphatic carbocycles. The molecule has 0 bridgehead atoms. The van der Waals surface area contributed by atoms with Crippen LogP contribution in [-0.4, -0.2) is 35.8 Å². The van der Waals surface area contributed by atoms with Crippen molar-refractivity contribution in [2.24, 2.45) is 13.0 Å². The lowest BCUT2D eigenvalue weighted by Crippen LogP contribution is -2.33. The Hall–Kier alpha value is -2.54. The summed E-state index contributed by atoms with van der Waals surface area (Å²) in [6.45, 7) is 2.51. The van der Waals surface area contributed by atoms with E-state index in [0.717, 1.165) is 55.0 Å². The van der Waals surface area contributed by atoms with E-state index in [2.05, 4.69) is 15.1 Å². The Morgan fingerprint density at radius 1 is 1.19 bits per heavy atom. The van der Waals surface area contributed by atoms with Crippen LogP contribution in [0.15, 0.2) is 35.4 Å². The maximum Gasteiger partial charge on any atom is 0.261 e. The summed E-state index contributed by atoms with van der Waals surface area (Å²) >= 11 is 0. The smallest absolute Gasteiger partial charge is 0.261 e. The van der Waals surface area contributed by atoms with Crippen LogP contribution in [0.25, 0.3) is 10.9 Å². The van der Waals surface area contributed by atoms with Crippen molar-refractivity contribution in [2.45, 2.75) is 44.8 Å². The first-order valence-corrected chi connectivity index (χ1v) is 9.77. The molecule has 140 valence electrons. The molecule has 0 amide bonds. The molecular weight excluding hydrogens is 340 g/mol. The highest BCUT2D eigenvalue weighted by Crippen LogP contribution is 2.35. The lowest BCUT2D eigenvalue weighted by molar-refractivity contribution is 0.224. The highest BCUT2D eigenvalue weighted by molar-refractivity contribution is 5.77. The number of rotatable bonds is 5. The van der Waals surface area contributed by atoms with Gasteiger partial charge < -0.3 is 4.57 Å². The van der Waals surface area contributed by atoms with Crippen molar-refractivity contribution < 1.29 is 0 Å². The van der Waals surface area contributed by atoms with Gasteiger partial charge >= 0.3 is 0 Å². The Labute approximate surface area is 157 Å². The van der Waals surface area contributed by atoms with Crippen LogP contribution < -0.4 is 5.56 Å². The summed E-state index contributed by atoms with van der Waals surface area (Å²) in [6, 6.07) is 7.86. The van der Waals surface area contributed by atoms with Crippen LogP contribution in [0.1, 0.15) is 43.4 Å². The van der Waals surface area contributed by atoms with E-state index in [4.69, 9.17) is 4.98 Å². The molecule has 3 heterocycles. The van der Waals surface area contributed by atoms with Gasteiger partial charge in [0.15, 0.2) is 0 Å². The second-order valence-electron chi connectivity index (χ2n) is 7.83. The summed E-state index contributed by atoms with van der Waals surface area (Å²) < 4.78 is 3.92. The Kier molecular flexibility index (Phi) is 4.04. The molecule has 1 unspecified atom stereocenters. The number of benzene rings is 1. The van der Waals surface area contributed by atoms with Crippen molar-refractivity contribution in [3.8, 4) is 0 Å². The molecule has 27 heavy (non-hydrogen) atoms. The van der Waals surface area contributed by atoms with Gasteiger partial charge in [-0.3, -0.25) is 14.3 Å². The fraction of sp³-hybridized carbons (Fsp3) is 0.500. The molecule has 1 atom stereocenters. The Bertz CT molecular complexity index is 1030. The normalized spacial score (nSPS) is 20.6. The van der Waals surface area contributed by atoms with Crippen molar-refractivity contribution in [3.63, 3.8) is 0 Å². The number of fused-ring (bicyclic) bond motifs is 1. The molecule has 1 aromatic carbocycles. The van der Waals surface area contributed by atoms with E-state index in [9.17, 15) is 4.79 Å². The van der Waals surface area contributed by atoms with Crippen molar-refractivity contribution in [2.75, 3.05) is 6.54 Å². The number of hydrogen-bond acceptors (Lipinski definition) is 5. The highest BCUT2D eigenvalue weighted by Gasteiger charge is 2.33. The van der Waals surface area contributed by atoms with Gasteiger partial charge in [-0.15, -0.1) is 10.2 Å². The molecule has 0 radical (unpaired) electrons. The fourth-order valence-electron chi connectivity index (χ4n) is 4.11. The SMILES string of the molecule is Cn1cnnc1CN1CCCC1c1nc2ccccc2c(=O)n1CC1CC1. The number of aryl methyl sites for hydroxylation is 1. The summed E-state index contributed by atoms with van der Waals surface area (Å²) in [5.74, 6) is 2.49. The molecule has 2 aliphatic rings. The molecule has 0 N–H and O–H groups in total. The van der Waals surface area contributed by atoms with E-state index in [1.807, 2.05) is 40.4 Å². The lowest BCUT2D eigenvalue weighted by atomic mass is 10.1. The van der Waals surface area contributed by atoms with Crippen molar-refractivity contribution in [3.05, 3.63) is 52.6 Å². The molecule has 0 spiro atoms. The first-order valence-electron chi connectivity index (χ1n) is 9.77.